The van der Waals surface area contributed by atoms with Gasteiger partial charge < -0.3 is 20.1 Å². The molecule has 5 heterocycles. The second-order valence-electron chi connectivity index (χ2n) is 8.88. The molecular formula is C23H26N6O2. The molecule has 0 aliphatic carbocycles. The number of piperidine rings is 1. The van der Waals surface area contributed by atoms with Gasteiger partial charge in [0.15, 0.2) is 5.82 Å². The fourth-order valence-corrected chi connectivity index (χ4v) is 5.24. The molecular weight excluding hydrogens is 392 g/mol. The zero-order valence-corrected chi connectivity index (χ0v) is 17.5. The molecule has 8 heteroatoms. The van der Waals surface area contributed by atoms with Crippen LogP contribution >= 0.6 is 0 Å². The number of benzene rings is 1. The Morgan fingerprint density at radius 3 is 2.68 bits per heavy atom. The van der Waals surface area contributed by atoms with Gasteiger partial charge in [-0.3, -0.25) is 4.68 Å². The summed E-state index contributed by atoms with van der Waals surface area (Å²) >= 11 is 0. The molecule has 2 saturated heterocycles. The fraction of sp³-hybridized carbons (Fsp3) is 0.435. The molecule has 8 nitrogen and oxygen atoms in total. The van der Waals surface area contributed by atoms with Crippen LogP contribution < -0.4 is 10.2 Å². The van der Waals surface area contributed by atoms with E-state index in [9.17, 15) is 5.11 Å². The number of anilines is 1. The van der Waals surface area contributed by atoms with E-state index in [0.717, 1.165) is 56.0 Å². The van der Waals surface area contributed by atoms with Gasteiger partial charge >= 0.3 is 0 Å². The summed E-state index contributed by atoms with van der Waals surface area (Å²) in [7, 11) is 1.88. The van der Waals surface area contributed by atoms with Gasteiger partial charge in [0.25, 0.3) is 0 Å². The van der Waals surface area contributed by atoms with Crippen LogP contribution in [0.5, 0.6) is 5.75 Å². The average Bonchev–Trinajstić information content (AvgIpc) is 3.39. The summed E-state index contributed by atoms with van der Waals surface area (Å²) < 4.78 is 7.44. The highest BCUT2D eigenvalue weighted by Gasteiger charge is 2.37. The molecule has 0 saturated carbocycles. The Bertz CT molecular complexity index is 1120. The van der Waals surface area contributed by atoms with Crippen LogP contribution in [0, 0.1) is 0 Å². The average molecular weight is 419 g/mol. The smallest absolute Gasteiger partial charge is 0.154 e. The Morgan fingerprint density at radius 2 is 1.94 bits per heavy atom. The van der Waals surface area contributed by atoms with E-state index in [1.54, 1.807) is 16.9 Å². The topological polar surface area (TPSA) is 88.3 Å². The van der Waals surface area contributed by atoms with Crippen LogP contribution in [-0.4, -0.2) is 63.0 Å². The van der Waals surface area contributed by atoms with Gasteiger partial charge in [0.2, 0.25) is 0 Å². The van der Waals surface area contributed by atoms with Crippen LogP contribution in [0.25, 0.3) is 22.4 Å². The zero-order chi connectivity index (χ0) is 20.9. The number of ether oxygens (including phenoxy) is 1. The van der Waals surface area contributed by atoms with Crippen molar-refractivity contribution in [3.63, 3.8) is 0 Å². The van der Waals surface area contributed by atoms with Crippen molar-refractivity contribution in [2.75, 3.05) is 24.7 Å². The molecule has 6 rings (SSSR count). The van der Waals surface area contributed by atoms with E-state index in [0.29, 0.717) is 29.4 Å². The molecule has 0 spiro atoms. The molecule has 2 atom stereocenters. The number of morpholine rings is 1. The monoisotopic (exact) mass is 418 g/mol. The standard InChI is InChI=1S/C23H26N6O2/c1-28-11-16(10-24-28)14-2-3-20(22(30)7-14)21-6-15-4-5-29(23(15)27-26-21)19-8-17-12-31-13-18(9-19)25-17/h2-3,6-7,10-11,17-19,25,30H,4-5,8-9,12-13H2,1H3. The van der Waals surface area contributed by atoms with Crippen LogP contribution in [0.1, 0.15) is 18.4 Å². The van der Waals surface area contributed by atoms with E-state index in [1.165, 1.54) is 5.56 Å². The quantitative estimate of drug-likeness (QED) is 0.674. The van der Waals surface area contributed by atoms with Gasteiger partial charge in [-0.05, 0) is 43.0 Å². The van der Waals surface area contributed by atoms with Gasteiger partial charge in [-0.25, -0.2) is 0 Å². The Balaban J connectivity index is 1.26. The lowest BCUT2D eigenvalue weighted by Crippen LogP contribution is -2.58. The van der Waals surface area contributed by atoms with Gasteiger partial charge in [0, 0.05) is 54.6 Å². The SMILES string of the molecule is Cn1cc(-c2ccc(-c3cc4c(nn3)N(C3CC5COCC(C3)N5)CC4)c(O)c2)cn1. The highest BCUT2D eigenvalue weighted by Crippen LogP contribution is 2.37. The number of aryl methyl sites for hydroxylation is 1. The van der Waals surface area contributed by atoms with E-state index in [1.807, 2.05) is 25.4 Å². The number of aromatic nitrogens is 4. The summed E-state index contributed by atoms with van der Waals surface area (Å²) in [5.41, 5.74) is 4.52. The number of hydrogen-bond donors (Lipinski definition) is 2. The Labute approximate surface area is 180 Å². The van der Waals surface area contributed by atoms with Gasteiger partial charge in [0.1, 0.15) is 5.75 Å². The first-order chi connectivity index (χ1) is 15.1. The van der Waals surface area contributed by atoms with Crippen LogP contribution in [-0.2, 0) is 18.2 Å². The molecule has 2 unspecified atom stereocenters. The summed E-state index contributed by atoms with van der Waals surface area (Å²) in [6.07, 6.45) is 6.84. The number of rotatable bonds is 3. The minimum atomic E-state index is 0.205. The van der Waals surface area contributed by atoms with Crippen molar-refractivity contribution in [3.8, 4) is 28.1 Å². The van der Waals surface area contributed by atoms with E-state index in [4.69, 9.17) is 4.74 Å². The molecule has 1 aromatic carbocycles. The molecule has 2 N–H and O–H groups in total. The zero-order valence-electron chi connectivity index (χ0n) is 17.5. The summed E-state index contributed by atoms with van der Waals surface area (Å²) in [4.78, 5) is 2.43. The summed E-state index contributed by atoms with van der Waals surface area (Å²) in [5, 5.41) is 27.7. The first kappa shape index (κ1) is 18.8. The number of hydrogen-bond acceptors (Lipinski definition) is 7. The van der Waals surface area contributed by atoms with Crippen LogP contribution in [0.3, 0.4) is 0 Å². The lowest BCUT2D eigenvalue weighted by Gasteiger charge is -2.43. The summed E-state index contributed by atoms with van der Waals surface area (Å²) in [5.74, 6) is 1.21. The van der Waals surface area contributed by atoms with Crippen molar-refractivity contribution in [1.82, 2.24) is 25.3 Å². The van der Waals surface area contributed by atoms with Crippen molar-refractivity contribution in [3.05, 3.63) is 42.2 Å². The second-order valence-corrected chi connectivity index (χ2v) is 8.88. The maximum atomic E-state index is 10.7. The van der Waals surface area contributed by atoms with Crippen LogP contribution in [0.15, 0.2) is 36.7 Å². The third kappa shape index (κ3) is 3.36. The minimum absolute atomic E-state index is 0.205. The molecule has 3 aromatic rings. The highest BCUT2D eigenvalue weighted by molar-refractivity contribution is 5.74. The number of aromatic hydroxyl groups is 1. The lowest BCUT2D eigenvalue weighted by molar-refractivity contribution is 0.0180. The molecule has 160 valence electrons. The molecule has 2 aromatic heterocycles. The maximum Gasteiger partial charge on any atom is 0.154 e. The van der Waals surface area contributed by atoms with Gasteiger partial charge in [0.05, 0.1) is 25.1 Å². The molecule has 3 aliphatic heterocycles. The molecule has 31 heavy (non-hydrogen) atoms. The number of phenols is 1. The van der Waals surface area contributed by atoms with Crippen molar-refractivity contribution < 1.29 is 9.84 Å². The third-order valence-electron chi connectivity index (χ3n) is 6.72. The Hall–Kier alpha value is -2.97. The van der Waals surface area contributed by atoms with Crippen molar-refractivity contribution in [2.45, 2.75) is 37.4 Å². The Morgan fingerprint density at radius 1 is 1.10 bits per heavy atom. The number of fused-ring (bicyclic) bond motifs is 3. The summed E-state index contributed by atoms with van der Waals surface area (Å²) in [6, 6.07) is 9.11. The maximum absolute atomic E-state index is 10.7. The number of nitrogens with one attached hydrogen (secondary N) is 1. The van der Waals surface area contributed by atoms with Crippen molar-refractivity contribution >= 4 is 5.82 Å². The highest BCUT2D eigenvalue weighted by atomic mass is 16.5. The first-order valence-electron chi connectivity index (χ1n) is 10.9. The van der Waals surface area contributed by atoms with Crippen LogP contribution in [0.2, 0.25) is 0 Å². The predicted molar refractivity (Wildman–Crippen MR) is 117 cm³/mol. The van der Waals surface area contributed by atoms with Crippen molar-refractivity contribution in [1.29, 1.82) is 0 Å². The van der Waals surface area contributed by atoms with E-state index < -0.39 is 0 Å². The number of nitrogens with zero attached hydrogens (tertiary/aromatic N) is 5. The molecule has 2 bridgehead atoms. The van der Waals surface area contributed by atoms with E-state index in [2.05, 4.69) is 31.6 Å². The summed E-state index contributed by atoms with van der Waals surface area (Å²) in [6.45, 7) is 2.57. The van der Waals surface area contributed by atoms with Gasteiger partial charge in [-0.1, -0.05) is 6.07 Å². The van der Waals surface area contributed by atoms with Crippen LogP contribution in [0.4, 0.5) is 5.82 Å². The largest absolute Gasteiger partial charge is 0.507 e. The fourth-order valence-electron chi connectivity index (χ4n) is 5.24. The predicted octanol–water partition coefficient (Wildman–Crippen LogP) is 2.13. The third-order valence-corrected chi connectivity index (χ3v) is 6.72. The minimum Gasteiger partial charge on any atom is -0.507 e. The first-order valence-corrected chi connectivity index (χ1v) is 10.9. The molecule has 0 radical (unpaired) electrons. The molecule has 0 amide bonds. The molecule has 2 fully saturated rings. The van der Waals surface area contributed by atoms with Crippen molar-refractivity contribution in [2.24, 2.45) is 7.05 Å². The lowest BCUT2D eigenvalue weighted by atomic mass is 9.91. The van der Waals surface area contributed by atoms with Gasteiger partial charge in [-0.2, -0.15) is 5.10 Å². The number of phenolic OH excluding ortho intramolecular Hbond substituents is 1. The van der Waals surface area contributed by atoms with E-state index in [-0.39, 0.29) is 5.75 Å². The molecule has 3 aliphatic rings. The van der Waals surface area contributed by atoms with E-state index >= 15 is 0 Å². The van der Waals surface area contributed by atoms with Gasteiger partial charge in [-0.15, -0.1) is 10.2 Å². The normalized spacial score (nSPS) is 24.9. The Kier molecular flexibility index (Phi) is 4.43. The second kappa shape index (κ2) is 7.32.